The van der Waals surface area contributed by atoms with Crippen LogP contribution in [0.25, 0.3) is 10.8 Å². The van der Waals surface area contributed by atoms with E-state index in [2.05, 4.69) is 10.00 Å². The Morgan fingerprint density at radius 1 is 0.971 bits per heavy atom. The molecule has 0 bridgehead atoms. The van der Waals surface area contributed by atoms with Crippen molar-refractivity contribution in [3.8, 4) is 5.75 Å². The van der Waals surface area contributed by atoms with Gasteiger partial charge in [0.05, 0.1) is 18.5 Å². The molecule has 1 aliphatic rings. The summed E-state index contributed by atoms with van der Waals surface area (Å²) in [6.45, 7) is 5.66. The molecule has 0 aliphatic carbocycles. The van der Waals surface area contributed by atoms with Gasteiger partial charge >= 0.3 is 5.97 Å². The minimum Gasteiger partial charge on any atom is -0.497 e. The minimum absolute atomic E-state index is 0.0287. The molecule has 2 aromatic carbocycles. The van der Waals surface area contributed by atoms with Crippen LogP contribution in [-0.2, 0) is 9.53 Å². The second-order valence-electron chi connectivity index (χ2n) is 8.38. The number of anilines is 1. The molecule has 1 aromatic heterocycles. The van der Waals surface area contributed by atoms with E-state index in [1.54, 1.807) is 36.3 Å². The second kappa shape index (κ2) is 9.94. The third-order valence-electron chi connectivity index (χ3n) is 5.91. The average molecular weight is 465 g/mol. The van der Waals surface area contributed by atoms with Crippen molar-refractivity contribution in [2.24, 2.45) is 0 Å². The van der Waals surface area contributed by atoms with E-state index in [1.807, 2.05) is 38.1 Å². The topological polar surface area (TPSA) is 94.0 Å². The molecule has 1 fully saturated rings. The summed E-state index contributed by atoms with van der Waals surface area (Å²) in [6.07, 6.45) is 0. The van der Waals surface area contributed by atoms with Crippen molar-refractivity contribution in [2.45, 2.75) is 19.9 Å². The van der Waals surface area contributed by atoms with E-state index >= 15 is 0 Å². The van der Waals surface area contributed by atoms with Gasteiger partial charge in [0.15, 0.2) is 12.3 Å². The molecule has 0 spiro atoms. The molecule has 1 saturated heterocycles. The first kappa shape index (κ1) is 23.3. The number of ether oxygens (including phenoxy) is 2. The van der Waals surface area contributed by atoms with Gasteiger partial charge in [0.1, 0.15) is 5.75 Å². The molecule has 9 heteroatoms. The smallest absolute Gasteiger partial charge is 0.359 e. The van der Waals surface area contributed by atoms with Gasteiger partial charge in [0.2, 0.25) is 0 Å². The quantitative estimate of drug-likeness (QED) is 0.518. The molecular formula is C25H28N4O5. The largest absolute Gasteiger partial charge is 0.497 e. The average Bonchev–Trinajstić information content (AvgIpc) is 2.87. The number of hydrogen-bond acceptors (Lipinski definition) is 7. The highest BCUT2D eigenvalue weighted by Crippen LogP contribution is 2.21. The highest BCUT2D eigenvalue weighted by atomic mass is 16.5. The van der Waals surface area contributed by atoms with Gasteiger partial charge in [-0.3, -0.25) is 9.59 Å². The number of hydrogen-bond donors (Lipinski definition) is 0. The molecule has 34 heavy (non-hydrogen) atoms. The standard InChI is InChI=1S/C25H28N4O5/c1-17(2)29-24(31)21-7-5-4-6-20(21)23(26-29)25(32)34-16-22(30)28-14-12-27(13-15-28)18-8-10-19(33-3)11-9-18/h4-11,17H,12-16H2,1-3H3. The normalized spacial score (nSPS) is 13.9. The summed E-state index contributed by atoms with van der Waals surface area (Å²) in [6, 6.07) is 14.4. The molecule has 3 aromatic rings. The lowest BCUT2D eigenvalue weighted by Gasteiger charge is -2.36. The Morgan fingerprint density at radius 3 is 2.24 bits per heavy atom. The van der Waals surface area contributed by atoms with Gasteiger partial charge in [-0.25, -0.2) is 9.48 Å². The highest BCUT2D eigenvalue weighted by Gasteiger charge is 2.24. The monoisotopic (exact) mass is 464 g/mol. The van der Waals surface area contributed by atoms with Gasteiger partial charge in [-0.05, 0) is 44.2 Å². The number of methoxy groups -OCH3 is 1. The van der Waals surface area contributed by atoms with Crippen molar-refractivity contribution in [3.05, 3.63) is 64.6 Å². The van der Waals surface area contributed by atoms with E-state index in [0.29, 0.717) is 37.0 Å². The maximum atomic E-state index is 12.8. The number of nitrogens with zero attached hydrogens (tertiary/aromatic N) is 4. The number of amides is 1. The van der Waals surface area contributed by atoms with Gasteiger partial charge in [0.25, 0.3) is 11.5 Å². The van der Waals surface area contributed by atoms with Crippen molar-refractivity contribution in [2.75, 3.05) is 44.8 Å². The van der Waals surface area contributed by atoms with Crippen LogP contribution >= 0.6 is 0 Å². The predicted molar refractivity (Wildman–Crippen MR) is 128 cm³/mol. The number of rotatable bonds is 6. The molecule has 0 atom stereocenters. The Balaban J connectivity index is 1.39. The lowest BCUT2D eigenvalue weighted by Crippen LogP contribution is -2.50. The number of fused-ring (bicyclic) bond motifs is 1. The first-order valence-corrected chi connectivity index (χ1v) is 11.2. The van der Waals surface area contributed by atoms with Crippen LogP contribution in [0.5, 0.6) is 5.75 Å². The van der Waals surface area contributed by atoms with Crippen molar-refractivity contribution >= 4 is 28.3 Å². The number of carbonyl (C=O) groups is 2. The van der Waals surface area contributed by atoms with Crippen molar-refractivity contribution in [1.29, 1.82) is 0 Å². The van der Waals surface area contributed by atoms with Crippen LogP contribution < -0.4 is 15.2 Å². The van der Waals surface area contributed by atoms with Crippen LogP contribution in [0.2, 0.25) is 0 Å². The Morgan fingerprint density at radius 2 is 1.62 bits per heavy atom. The predicted octanol–water partition coefficient (Wildman–Crippen LogP) is 2.49. The van der Waals surface area contributed by atoms with Crippen LogP contribution in [0.3, 0.4) is 0 Å². The summed E-state index contributed by atoms with van der Waals surface area (Å²) in [5.74, 6) is -0.189. The molecule has 0 unspecified atom stereocenters. The lowest BCUT2D eigenvalue weighted by molar-refractivity contribution is -0.134. The van der Waals surface area contributed by atoms with Crippen LogP contribution in [0, 0.1) is 0 Å². The maximum absolute atomic E-state index is 12.8. The number of esters is 1. The summed E-state index contributed by atoms with van der Waals surface area (Å²) < 4.78 is 11.8. The number of aromatic nitrogens is 2. The Labute approximate surface area is 197 Å². The molecule has 1 amide bonds. The molecular weight excluding hydrogens is 436 g/mol. The summed E-state index contributed by atoms with van der Waals surface area (Å²) >= 11 is 0. The minimum atomic E-state index is -0.726. The summed E-state index contributed by atoms with van der Waals surface area (Å²) in [5.41, 5.74) is 0.825. The van der Waals surface area contributed by atoms with Crippen molar-refractivity contribution in [3.63, 3.8) is 0 Å². The van der Waals surface area contributed by atoms with Crippen LogP contribution in [0.4, 0.5) is 5.69 Å². The van der Waals surface area contributed by atoms with Gasteiger partial charge in [-0.2, -0.15) is 5.10 Å². The zero-order chi connectivity index (χ0) is 24.2. The molecule has 2 heterocycles. The van der Waals surface area contributed by atoms with Gasteiger partial charge in [-0.1, -0.05) is 18.2 Å². The van der Waals surface area contributed by atoms with E-state index in [9.17, 15) is 14.4 Å². The van der Waals surface area contributed by atoms with E-state index in [4.69, 9.17) is 9.47 Å². The summed E-state index contributed by atoms with van der Waals surface area (Å²) in [4.78, 5) is 42.1. The fraction of sp³-hybridized carbons (Fsp3) is 0.360. The third-order valence-corrected chi connectivity index (χ3v) is 5.91. The molecule has 4 rings (SSSR count). The Hall–Kier alpha value is -3.88. The van der Waals surface area contributed by atoms with Crippen molar-refractivity contribution < 1.29 is 19.1 Å². The fourth-order valence-corrected chi connectivity index (χ4v) is 4.00. The molecule has 0 radical (unpaired) electrons. The Kier molecular flexibility index (Phi) is 6.81. The van der Waals surface area contributed by atoms with Crippen molar-refractivity contribution in [1.82, 2.24) is 14.7 Å². The van der Waals surface area contributed by atoms with Crippen LogP contribution in [0.1, 0.15) is 30.4 Å². The summed E-state index contributed by atoms with van der Waals surface area (Å²) in [5, 5.41) is 5.04. The molecule has 0 N–H and O–H groups in total. The number of carbonyl (C=O) groups excluding carboxylic acids is 2. The number of benzene rings is 2. The molecule has 0 saturated carbocycles. The fourth-order valence-electron chi connectivity index (χ4n) is 4.00. The van der Waals surface area contributed by atoms with E-state index in [1.165, 1.54) is 4.68 Å². The zero-order valence-corrected chi connectivity index (χ0v) is 19.6. The van der Waals surface area contributed by atoms with E-state index in [-0.39, 0.29) is 29.8 Å². The van der Waals surface area contributed by atoms with Crippen LogP contribution in [-0.4, -0.2) is 66.5 Å². The third kappa shape index (κ3) is 4.73. The van der Waals surface area contributed by atoms with E-state index < -0.39 is 5.97 Å². The highest BCUT2D eigenvalue weighted by molar-refractivity contribution is 6.02. The molecule has 9 nitrogen and oxygen atoms in total. The Bertz CT molecular complexity index is 1240. The van der Waals surface area contributed by atoms with Gasteiger partial charge in [-0.15, -0.1) is 0 Å². The maximum Gasteiger partial charge on any atom is 0.359 e. The zero-order valence-electron chi connectivity index (χ0n) is 19.6. The first-order chi connectivity index (χ1) is 16.4. The molecule has 1 aliphatic heterocycles. The molecule has 178 valence electrons. The second-order valence-corrected chi connectivity index (χ2v) is 8.38. The summed E-state index contributed by atoms with van der Waals surface area (Å²) in [7, 11) is 1.63. The lowest BCUT2D eigenvalue weighted by atomic mass is 10.1. The van der Waals surface area contributed by atoms with Crippen LogP contribution in [0.15, 0.2) is 53.3 Å². The number of piperazine rings is 1. The van der Waals surface area contributed by atoms with Gasteiger partial charge in [0, 0.05) is 37.3 Å². The SMILES string of the molecule is COc1ccc(N2CCN(C(=O)COC(=O)c3nn(C(C)C)c(=O)c4ccccc34)CC2)cc1. The van der Waals surface area contributed by atoms with Gasteiger partial charge < -0.3 is 19.3 Å². The van der Waals surface area contributed by atoms with E-state index in [0.717, 1.165) is 11.4 Å². The first-order valence-electron chi connectivity index (χ1n) is 11.2.